The molecule has 0 bridgehead atoms. The number of fused-ring (bicyclic) bond motifs is 1. The van der Waals surface area contributed by atoms with Crippen molar-refractivity contribution in [3.8, 4) is 5.75 Å². The van der Waals surface area contributed by atoms with Crippen LogP contribution in [0.5, 0.6) is 5.75 Å². The molecule has 0 unspecified atom stereocenters. The summed E-state index contributed by atoms with van der Waals surface area (Å²) in [5.41, 5.74) is 0.256. The summed E-state index contributed by atoms with van der Waals surface area (Å²) in [4.78, 5) is 24.4. The smallest absolute Gasteiger partial charge is 0.367 e. The average molecular weight is 380 g/mol. The number of halogens is 2. The van der Waals surface area contributed by atoms with Crippen LogP contribution in [0.25, 0.3) is 5.65 Å². The average Bonchev–Trinajstić information content (AvgIpc) is 2.92. The maximum atomic E-state index is 13.5. The highest BCUT2D eigenvalue weighted by molar-refractivity contribution is 6.30. The molecule has 10 heteroatoms. The second kappa shape index (κ2) is 7.12. The molecular formula is C16H15ClFN5O3. The van der Waals surface area contributed by atoms with Gasteiger partial charge in [-0.1, -0.05) is 17.7 Å². The minimum atomic E-state index is -0.568. The zero-order valence-electron chi connectivity index (χ0n) is 13.9. The Balaban J connectivity index is 1.75. The van der Waals surface area contributed by atoms with Gasteiger partial charge in [0, 0.05) is 6.07 Å². The van der Waals surface area contributed by atoms with Crippen molar-refractivity contribution in [1.82, 2.24) is 24.7 Å². The molecule has 1 atom stereocenters. The summed E-state index contributed by atoms with van der Waals surface area (Å²) in [5.74, 6) is -0.579. The standard InChI is InChI=1S/C16H15ClFN5O3/c1-9(10-3-4-12(17)13(18)5-10)20-15(24)8-22-16(25)23-14(21-22)6-11(26-2)7-19-23/h3-7,9H,8H2,1-2H3,(H,20,24)/t9-/m0/s1. The maximum absolute atomic E-state index is 13.5. The van der Waals surface area contributed by atoms with Crippen LogP contribution >= 0.6 is 11.6 Å². The number of benzene rings is 1. The number of hydrogen-bond donors (Lipinski definition) is 1. The monoisotopic (exact) mass is 379 g/mol. The molecule has 0 saturated heterocycles. The summed E-state index contributed by atoms with van der Waals surface area (Å²) in [7, 11) is 1.47. The Morgan fingerprint density at radius 2 is 2.19 bits per heavy atom. The van der Waals surface area contributed by atoms with Gasteiger partial charge in [0.25, 0.3) is 0 Å². The predicted molar refractivity (Wildman–Crippen MR) is 91.8 cm³/mol. The van der Waals surface area contributed by atoms with Gasteiger partial charge >= 0.3 is 5.69 Å². The van der Waals surface area contributed by atoms with Gasteiger partial charge in [-0.25, -0.2) is 13.9 Å². The molecule has 3 aromatic rings. The number of rotatable bonds is 5. The molecule has 136 valence electrons. The highest BCUT2D eigenvalue weighted by atomic mass is 35.5. The first-order valence-corrected chi connectivity index (χ1v) is 8.01. The Morgan fingerprint density at radius 3 is 2.88 bits per heavy atom. The highest BCUT2D eigenvalue weighted by Gasteiger charge is 2.15. The van der Waals surface area contributed by atoms with E-state index in [1.165, 1.54) is 31.5 Å². The van der Waals surface area contributed by atoms with Crippen molar-refractivity contribution in [1.29, 1.82) is 0 Å². The lowest BCUT2D eigenvalue weighted by Gasteiger charge is -2.14. The van der Waals surface area contributed by atoms with E-state index < -0.39 is 23.5 Å². The lowest BCUT2D eigenvalue weighted by Crippen LogP contribution is -2.34. The molecule has 1 amide bonds. The molecule has 0 aliphatic rings. The van der Waals surface area contributed by atoms with Gasteiger partial charge in [0.1, 0.15) is 18.1 Å². The third kappa shape index (κ3) is 3.52. The molecule has 0 radical (unpaired) electrons. The zero-order valence-corrected chi connectivity index (χ0v) is 14.7. The van der Waals surface area contributed by atoms with E-state index in [9.17, 15) is 14.0 Å². The van der Waals surface area contributed by atoms with Crippen LogP contribution in [0.3, 0.4) is 0 Å². The SMILES string of the molecule is COc1cnn2c(=O)n(CC(=O)N[C@@H](C)c3ccc(Cl)c(F)c3)nc2c1. The fourth-order valence-corrected chi connectivity index (χ4v) is 2.51. The largest absolute Gasteiger partial charge is 0.495 e. The van der Waals surface area contributed by atoms with Crippen LogP contribution in [0.1, 0.15) is 18.5 Å². The Hall–Kier alpha value is -2.94. The Bertz CT molecular complexity index is 1030. The summed E-state index contributed by atoms with van der Waals surface area (Å²) in [6.07, 6.45) is 1.37. The summed E-state index contributed by atoms with van der Waals surface area (Å²) < 4.78 is 20.6. The lowest BCUT2D eigenvalue weighted by atomic mass is 10.1. The first-order chi connectivity index (χ1) is 12.4. The van der Waals surface area contributed by atoms with Gasteiger partial charge in [-0.15, -0.1) is 5.10 Å². The van der Waals surface area contributed by atoms with E-state index in [1.807, 2.05) is 0 Å². The van der Waals surface area contributed by atoms with Gasteiger partial charge in [-0.3, -0.25) is 4.79 Å². The fourth-order valence-electron chi connectivity index (χ4n) is 2.40. The second-order valence-corrected chi connectivity index (χ2v) is 5.98. The van der Waals surface area contributed by atoms with Crippen LogP contribution < -0.4 is 15.7 Å². The maximum Gasteiger partial charge on any atom is 0.367 e. The van der Waals surface area contributed by atoms with Gasteiger partial charge in [-0.2, -0.15) is 9.61 Å². The summed E-state index contributed by atoms with van der Waals surface area (Å²) in [6, 6.07) is 5.34. The van der Waals surface area contributed by atoms with E-state index in [1.54, 1.807) is 13.0 Å². The Kier molecular flexibility index (Phi) is 4.90. The van der Waals surface area contributed by atoms with E-state index in [4.69, 9.17) is 16.3 Å². The number of nitrogens with zero attached hydrogens (tertiary/aromatic N) is 4. The molecule has 0 fully saturated rings. The minimum Gasteiger partial charge on any atom is -0.495 e. The first kappa shape index (κ1) is 17.9. The summed E-state index contributed by atoms with van der Waals surface area (Å²) in [6.45, 7) is 1.39. The lowest BCUT2D eigenvalue weighted by molar-refractivity contribution is -0.122. The van der Waals surface area contributed by atoms with Gasteiger partial charge in [0.2, 0.25) is 5.91 Å². The van der Waals surface area contributed by atoms with Crippen molar-refractivity contribution >= 4 is 23.2 Å². The number of aromatic nitrogens is 4. The molecule has 0 spiro atoms. The molecule has 8 nitrogen and oxygen atoms in total. The second-order valence-electron chi connectivity index (χ2n) is 5.57. The molecule has 2 aromatic heterocycles. The van der Waals surface area contributed by atoms with Gasteiger partial charge < -0.3 is 10.1 Å². The molecule has 1 N–H and O–H groups in total. The first-order valence-electron chi connectivity index (χ1n) is 7.63. The van der Waals surface area contributed by atoms with Crippen LogP contribution in [-0.2, 0) is 11.3 Å². The van der Waals surface area contributed by atoms with E-state index in [2.05, 4.69) is 15.5 Å². The van der Waals surface area contributed by atoms with Gasteiger partial charge in [0.15, 0.2) is 5.65 Å². The van der Waals surface area contributed by atoms with Crippen molar-refractivity contribution in [2.24, 2.45) is 0 Å². The predicted octanol–water partition coefficient (Wildman–Crippen LogP) is 1.57. The molecule has 0 aliphatic heterocycles. The van der Waals surface area contributed by atoms with E-state index >= 15 is 0 Å². The molecular weight excluding hydrogens is 365 g/mol. The minimum absolute atomic E-state index is 0.00598. The van der Waals surface area contributed by atoms with Crippen molar-refractivity contribution in [3.05, 3.63) is 57.3 Å². The van der Waals surface area contributed by atoms with Crippen molar-refractivity contribution in [2.45, 2.75) is 19.5 Å². The van der Waals surface area contributed by atoms with Crippen LogP contribution in [-0.4, -0.2) is 32.4 Å². The highest BCUT2D eigenvalue weighted by Crippen LogP contribution is 2.20. The van der Waals surface area contributed by atoms with E-state index in [-0.39, 0.29) is 17.2 Å². The van der Waals surface area contributed by atoms with Crippen LogP contribution in [0, 0.1) is 5.82 Å². The number of ether oxygens (including phenoxy) is 1. The van der Waals surface area contributed by atoms with Crippen LogP contribution in [0.15, 0.2) is 35.3 Å². The molecule has 26 heavy (non-hydrogen) atoms. The summed E-state index contributed by atoms with van der Waals surface area (Å²) in [5, 5.41) is 10.7. The van der Waals surface area contributed by atoms with Gasteiger partial charge in [0.05, 0.1) is 24.4 Å². The molecule has 3 rings (SSSR count). The summed E-state index contributed by atoms with van der Waals surface area (Å²) >= 11 is 5.65. The molecule has 0 saturated carbocycles. The third-order valence-electron chi connectivity index (χ3n) is 3.76. The Morgan fingerprint density at radius 1 is 1.42 bits per heavy atom. The van der Waals surface area contributed by atoms with Crippen molar-refractivity contribution < 1.29 is 13.9 Å². The number of carbonyl (C=O) groups excluding carboxylic acids is 1. The molecule has 0 aliphatic carbocycles. The van der Waals surface area contributed by atoms with Crippen molar-refractivity contribution in [3.63, 3.8) is 0 Å². The zero-order chi connectivity index (χ0) is 18.8. The van der Waals surface area contributed by atoms with Crippen LogP contribution in [0.4, 0.5) is 4.39 Å². The molecule has 1 aromatic carbocycles. The number of carbonyl (C=O) groups is 1. The topological polar surface area (TPSA) is 90.5 Å². The van der Waals surface area contributed by atoms with Gasteiger partial charge in [-0.05, 0) is 24.6 Å². The number of nitrogens with one attached hydrogen (secondary N) is 1. The fraction of sp³-hybridized carbons (Fsp3) is 0.250. The van der Waals surface area contributed by atoms with E-state index in [0.29, 0.717) is 11.3 Å². The third-order valence-corrected chi connectivity index (χ3v) is 4.07. The quantitative estimate of drug-likeness (QED) is 0.726. The Labute approximate surface area is 152 Å². The molecule has 2 heterocycles. The normalized spacial score (nSPS) is 12.2. The van der Waals surface area contributed by atoms with Crippen molar-refractivity contribution in [2.75, 3.05) is 7.11 Å². The van der Waals surface area contributed by atoms with Crippen LogP contribution in [0.2, 0.25) is 5.02 Å². The number of methoxy groups -OCH3 is 1. The number of amides is 1. The van der Waals surface area contributed by atoms with E-state index in [0.717, 1.165) is 9.20 Å². The number of hydrogen-bond acceptors (Lipinski definition) is 5.